The van der Waals surface area contributed by atoms with Crippen LogP contribution >= 0.6 is 15.9 Å². The summed E-state index contributed by atoms with van der Waals surface area (Å²) in [6.07, 6.45) is 0. The van der Waals surface area contributed by atoms with Gasteiger partial charge in [-0.05, 0) is 19.1 Å². The molecule has 0 aromatic heterocycles. The average Bonchev–Trinajstić information content (AvgIpc) is 2.40. The third kappa shape index (κ3) is 2.04. The summed E-state index contributed by atoms with van der Waals surface area (Å²) >= 11 is 3.41. The Kier molecular flexibility index (Phi) is 2.54. The normalized spacial score (nSPS) is 16.5. The number of hydrogen-bond donors (Lipinski definition) is 0. The van der Waals surface area contributed by atoms with Gasteiger partial charge in [-0.25, -0.2) is 0 Å². The molecule has 0 unspecified atom stereocenters. The molecule has 0 aliphatic carbocycles. The molecule has 1 aliphatic heterocycles. The van der Waals surface area contributed by atoms with E-state index in [2.05, 4.69) is 15.9 Å². The Morgan fingerprint density at radius 2 is 2.07 bits per heavy atom. The monoisotopic (exact) mass is 272 g/mol. The summed E-state index contributed by atoms with van der Waals surface area (Å²) in [5, 5.41) is 0. The first-order chi connectivity index (χ1) is 7.02. The lowest BCUT2D eigenvalue weighted by atomic mass is 10.3. The van der Waals surface area contributed by atoms with Crippen molar-refractivity contribution < 1.29 is 14.2 Å². The van der Waals surface area contributed by atoms with Crippen molar-refractivity contribution in [1.29, 1.82) is 0 Å². The van der Waals surface area contributed by atoms with Crippen molar-refractivity contribution in [3.63, 3.8) is 0 Å². The zero-order valence-electron chi connectivity index (χ0n) is 8.96. The lowest BCUT2D eigenvalue weighted by Crippen LogP contribution is -2.29. The van der Waals surface area contributed by atoms with E-state index in [1.807, 2.05) is 32.9 Å². The minimum absolute atomic E-state index is 0.604. The SMILES string of the molecule is CCOc1cc(Br)cc2c1OC(C)(C)O2. The van der Waals surface area contributed by atoms with E-state index in [4.69, 9.17) is 14.2 Å². The van der Waals surface area contributed by atoms with E-state index < -0.39 is 5.79 Å². The van der Waals surface area contributed by atoms with Gasteiger partial charge in [0.25, 0.3) is 0 Å². The molecule has 1 heterocycles. The molecule has 0 N–H and O–H groups in total. The van der Waals surface area contributed by atoms with Gasteiger partial charge in [-0.3, -0.25) is 0 Å². The standard InChI is InChI=1S/C11H13BrO3/c1-4-13-8-5-7(12)6-9-10(8)15-11(2,3)14-9/h5-6H,4H2,1-3H3. The van der Waals surface area contributed by atoms with Gasteiger partial charge in [-0.1, -0.05) is 15.9 Å². The summed E-state index contributed by atoms with van der Waals surface area (Å²) < 4.78 is 17.7. The van der Waals surface area contributed by atoms with Crippen LogP contribution < -0.4 is 14.2 Å². The molecule has 0 saturated carbocycles. The molecule has 0 saturated heterocycles. The fraction of sp³-hybridized carbons (Fsp3) is 0.455. The van der Waals surface area contributed by atoms with Crippen LogP contribution in [0, 0.1) is 0 Å². The fourth-order valence-electron chi connectivity index (χ4n) is 1.52. The molecular formula is C11H13BrO3. The highest BCUT2D eigenvalue weighted by Gasteiger charge is 2.34. The molecular weight excluding hydrogens is 260 g/mol. The van der Waals surface area contributed by atoms with Crippen molar-refractivity contribution in [3.05, 3.63) is 16.6 Å². The van der Waals surface area contributed by atoms with Crippen molar-refractivity contribution in [2.24, 2.45) is 0 Å². The zero-order chi connectivity index (χ0) is 11.1. The first-order valence-electron chi connectivity index (χ1n) is 4.86. The van der Waals surface area contributed by atoms with Gasteiger partial charge in [0.2, 0.25) is 11.5 Å². The number of halogens is 1. The van der Waals surface area contributed by atoms with Crippen molar-refractivity contribution in [3.8, 4) is 17.2 Å². The van der Waals surface area contributed by atoms with Crippen LogP contribution in [-0.2, 0) is 0 Å². The summed E-state index contributed by atoms with van der Waals surface area (Å²) in [7, 11) is 0. The summed E-state index contributed by atoms with van der Waals surface area (Å²) in [6, 6.07) is 3.76. The van der Waals surface area contributed by atoms with Gasteiger partial charge in [0.15, 0.2) is 11.5 Å². The molecule has 82 valence electrons. The second-order valence-corrected chi connectivity index (χ2v) is 4.68. The molecule has 3 nitrogen and oxygen atoms in total. The minimum Gasteiger partial charge on any atom is -0.490 e. The highest BCUT2D eigenvalue weighted by Crippen LogP contribution is 2.47. The third-order valence-corrected chi connectivity index (χ3v) is 2.45. The van der Waals surface area contributed by atoms with Crippen molar-refractivity contribution >= 4 is 15.9 Å². The Hall–Kier alpha value is -0.900. The van der Waals surface area contributed by atoms with Gasteiger partial charge in [0, 0.05) is 18.3 Å². The van der Waals surface area contributed by atoms with Crippen LogP contribution in [0.4, 0.5) is 0 Å². The number of hydrogen-bond acceptors (Lipinski definition) is 3. The van der Waals surface area contributed by atoms with E-state index in [0.29, 0.717) is 18.1 Å². The molecule has 0 amide bonds. The summed E-state index contributed by atoms with van der Waals surface area (Å²) in [5.41, 5.74) is 0. The highest BCUT2D eigenvalue weighted by atomic mass is 79.9. The maximum Gasteiger partial charge on any atom is 0.246 e. The Balaban J connectivity index is 2.43. The van der Waals surface area contributed by atoms with Gasteiger partial charge >= 0.3 is 0 Å². The molecule has 0 bridgehead atoms. The van der Waals surface area contributed by atoms with E-state index >= 15 is 0 Å². The fourth-order valence-corrected chi connectivity index (χ4v) is 1.93. The minimum atomic E-state index is -0.616. The second-order valence-electron chi connectivity index (χ2n) is 3.77. The number of fused-ring (bicyclic) bond motifs is 1. The zero-order valence-corrected chi connectivity index (χ0v) is 10.6. The van der Waals surface area contributed by atoms with Crippen LogP contribution in [0.25, 0.3) is 0 Å². The van der Waals surface area contributed by atoms with Crippen molar-refractivity contribution in [1.82, 2.24) is 0 Å². The molecule has 0 atom stereocenters. The average molecular weight is 273 g/mol. The molecule has 1 aromatic carbocycles. The number of benzene rings is 1. The Morgan fingerprint density at radius 3 is 2.73 bits per heavy atom. The molecule has 15 heavy (non-hydrogen) atoms. The topological polar surface area (TPSA) is 27.7 Å². The quantitative estimate of drug-likeness (QED) is 0.827. The van der Waals surface area contributed by atoms with Crippen LogP contribution in [0.15, 0.2) is 16.6 Å². The second kappa shape index (κ2) is 3.59. The predicted molar refractivity (Wildman–Crippen MR) is 60.6 cm³/mol. The molecule has 1 aromatic rings. The van der Waals surface area contributed by atoms with Gasteiger partial charge in [-0.15, -0.1) is 0 Å². The van der Waals surface area contributed by atoms with Crippen LogP contribution in [0.5, 0.6) is 17.2 Å². The smallest absolute Gasteiger partial charge is 0.246 e. The first-order valence-corrected chi connectivity index (χ1v) is 5.65. The van der Waals surface area contributed by atoms with E-state index in [-0.39, 0.29) is 0 Å². The highest BCUT2D eigenvalue weighted by molar-refractivity contribution is 9.10. The van der Waals surface area contributed by atoms with E-state index in [0.717, 1.165) is 10.2 Å². The summed E-state index contributed by atoms with van der Waals surface area (Å²) in [4.78, 5) is 0. The predicted octanol–water partition coefficient (Wildman–Crippen LogP) is 3.36. The Bertz CT molecular complexity index is 388. The van der Waals surface area contributed by atoms with Crippen LogP contribution in [0.2, 0.25) is 0 Å². The molecule has 0 spiro atoms. The largest absolute Gasteiger partial charge is 0.490 e. The number of rotatable bonds is 2. The van der Waals surface area contributed by atoms with Crippen LogP contribution in [0.1, 0.15) is 20.8 Å². The third-order valence-electron chi connectivity index (χ3n) is 1.99. The molecule has 2 rings (SSSR count). The van der Waals surface area contributed by atoms with Gasteiger partial charge < -0.3 is 14.2 Å². The Morgan fingerprint density at radius 1 is 1.33 bits per heavy atom. The van der Waals surface area contributed by atoms with Crippen molar-refractivity contribution in [2.75, 3.05) is 6.61 Å². The maximum absolute atomic E-state index is 5.66. The summed E-state index contributed by atoms with van der Waals surface area (Å²) in [6.45, 7) is 6.29. The van der Waals surface area contributed by atoms with Gasteiger partial charge in [0.1, 0.15) is 0 Å². The Labute approximate surface area is 97.5 Å². The summed E-state index contributed by atoms with van der Waals surface area (Å²) in [5.74, 6) is 1.50. The molecule has 1 aliphatic rings. The van der Waals surface area contributed by atoms with Gasteiger partial charge in [-0.2, -0.15) is 0 Å². The number of ether oxygens (including phenoxy) is 3. The maximum atomic E-state index is 5.66. The van der Waals surface area contributed by atoms with Crippen LogP contribution in [0.3, 0.4) is 0 Å². The van der Waals surface area contributed by atoms with Crippen molar-refractivity contribution in [2.45, 2.75) is 26.6 Å². The first kappa shape index (κ1) is 10.6. The van der Waals surface area contributed by atoms with Crippen LogP contribution in [-0.4, -0.2) is 12.4 Å². The lowest BCUT2D eigenvalue weighted by molar-refractivity contribution is -0.0440. The van der Waals surface area contributed by atoms with E-state index in [1.54, 1.807) is 0 Å². The van der Waals surface area contributed by atoms with E-state index in [1.165, 1.54) is 0 Å². The lowest BCUT2D eigenvalue weighted by Gasteiger charge is -2.16. The molecule has 4 heteroatoms. The molecule has 0 radical (unpaired) electrons. The molecule has 0 fully saturated rings. The van der Waals surface area contributed by atoms with Gasteiger partial charge in [0.05, 0.1) is 6.61 Å². The van der Waals surface area contributed by atoms with E-state index in [9.17, 15) is 0 Å².